The smallest absolute Gasteiger partial charge is 0.225 e. The first-order valence-corrected chi connectivity index (χ1v) is 9.88. The zero-order chi connectivity index (χ0) is 19.4. The van der Waals surface area contributed by atoms with Crippen molar-refractivity contribution in [1.82, 2.24) is 4.90 Å². The summed E-state index contributed by atoms with van der Waals surface area (Å²) in [7, 11) is 1.91. The van der Waals surface area contributed by atoms with Gasteiger partial charge in [0.2, 0.25) is 5.91 Å². The van der Waals surface area contributed by atoms with Crippen molar-refractivity contribution >= 4 is 17.5 Å². The van der Waals surface area contributed by atoms with Crippen LogP contribution in [0.1, 0.15) is 48.8 Å². The number of likely N-dealkylation sites (N-methyl/N-ethyl adjacent to an activating group) is 1. The predicted molar refractivity (Wildman–Crippen MR) is 109 cm³/mol. The van der Waals surface area contributed by atoms with Gasteiger partial charge in [-0.2, -0.15) is 5.26 Å². The van der Waals surface area contributed by atoms with Gasteiger partial charge in [0.1, 0.15) is 0 Å². The Kier molecular flexibility index (Phi) is 6.19. The molecule has 3 rings (SSSR count). The van der Waals surface area contributed by atoms with Crippen molar-refractivity contribution in [2.75, 3.05) is 7.05 Å². The average molecular weight is 381 g/mol. The minimum Gasteiger partial charge on any atom is -0.342 e. The number of nitriles is 1. The zero-order valence-corrected chi connectivity index (χ0v) is 16.6. The van der Waals surface area contributed by atoms with E-state index < -0.39 is 0 Å². The van der Waals surface area contributed by atoms with Crippen LogP contribution in [0.3, 0.4) is 0 Å². The van der Waals surface area contributed by atoms with Crippen LogP contribution in [0.4, 0.5) is 0 Å². The molecule has 2 aromatic carbocycles. The maximum absolute atomic E-state index is 12.8. The third kappa shape index (κ3) is 4.51. The van der Waals surface area contributed by atoms with Crippen molar-refractivity contribution in [2.45, 2.75) is 44.6 Å². The van der Waals surface area contributed by atoms with E-state index in [4.69, 9.17) is 11.6 Å². The van der Waals surface area contributed by atoms with E-state index in [0.29, 0.717) is 10.6 Å². The van der Waals surface area contributed by atoms with Gasteiger partial charge in [0.05, 0.1) is 11.6 Å². The molecule has 1 fully saturated rings. The minimum atomic E-state index is 0.0303. The number of nitrogens with zero attached hydrogens (tertiary/aromatic N) is 2. The second-order valence-electron chi connectivity index (χ2n) is 7.49. The summed E-state index contributed by atoms with van der Waals surface area (Å²) in [6.07, 6.45) is 3.94. The Hall–Kier alpha value is -2.31. The first-order valence-electron chi connectivity index (χ1n) is 9.50. The summed E-state index contributed by atoms with van der Waals surface area (Å²) in [6.45, 7) is 2.11. The molecule has 0 aliphatic heterocycles. The van der Waals surface area contributed by atoms with Crippen molar-refractivity contribution in [3.05, 3.63) is 70.2 Å². The number of rotatable bonds is 6. The van der Waals surface area contributed by atoms with Crippen LogP contribution in [0.5, 0.6) is 0 Å². The van der Waals surface area contributed by atoms with Gasteiger partial charge in [-0.05, 0) is 61.6 Å². The molecule has 140 valence electrons. The summed E-state index contributed by atoms with van der Waals surface area (Å²) >= 11 is 6.03. The molecule has 27 heavy (non-hydrogen) atoms. The molecule has 2 atom stereocenters. The van der Waals surface area contributed by atoms with Crippen molar-refractivity contribution < 1.29 is 4.79 Å². The average Bonchev–Trinajstić information content (AvgIpc) is 2.65. The van der Waals surface area contributed by atoms with E-state index in [9.17, 15) is 10.1 Å². The van der Waals surface area contributed by atoms with Gasteiger partial charge in [-0.3, -0.25) is 4.79 Å². The Labute approximate surface area is 166 Å². The van der Waals surface area contributed by atoms with Crippen molar-refractivity contribution in [3.8, 4) is 6.07 Å². The number of hydrogen-bond acceptors (Lipinski definition) is 2. The summed E-state index contributed by atoms with van der Waals surface area (Å²) in [4.78, 5) is 14.7. The SMILES string of the molecule is CC([C@@H](Cc1ccc(Cl)cc1)c1cccc(C#N)c1)N(C)C(=O)C1CCC1. The highest BCUT2D eigenvalue weighted by atomic mass is 35.5. The molecule has 0 bridgehead atoms. The molecule has 2 aromatic rings. The van der Waals surface area contributed by atoms with Gasteiger partial charge < -0.3 is 4.90 Å². The minimum absolute atomic E-state index is 0.0303. The molecule has 0 heterocycles. The maximum atomic E-state index is 12.8. The fourth-order valence-electron chi connectivity index (χ4n) is 3.69. The second kappa shape index (κ2) is 8.59. The standard InChI is InChI=1S/C23H25ClN2O/c1-16(26(2)23(27)19-6-4-7-19)22(14-17-9-11-21(24)12-10-17)20-8-3-5-18(13-20)15-25/h3,5,8-13,16,19,22H,4,6-7,14H2,1-2H3/t16?,22-/m1/s1. The molecule has 1 unspecified atom stereocenters. The Bertz CT molecular complexity index is 836. The zero-order valence-electron chi connectivity index (χ0n) is 15.9. The molecule has 1 aliphatic carbocycles. The molecule has 1 aliphatic rings. The van der Waals surface area contributed by atoms with E-state index in [0.717, 1.165) is 31.2 Å². The van der Waals surface area contributed by atoms with Crippen LogP contribution >= 0.6 is 11.6 Å². The highest BCUT2D eigenvalue weighted by Crippen LogP contribution is 2.32. The van der Waals surface area contributed by atoms with Crippen molar-refractivity contribution in [3.63, 3.8) is 0 Å². The molecule has 0 radical (unpaired) electrons. The van der Waals surface area contributed by atoms with E-state index in [1.807, 2.05) is 54.4 Å². The quantitative estimate of drug-likeness (QED) is 0.692. The lowest BCUT2D eigenvalue weighted by Gasteiger charge is -2.37. The number of carbonyl (C=O) groups excluding carboxylic acids is 1. The lowest BCUT2D eigenvalue weighted by molar-refractivity contribution is -0.139. The topological polar surface area (TPSA) is 44.1 Å². The highest BCUT2D eigenvalue weighted by Gasteiger charge is 2.33. The fraction of sp³-hybridized carbons (Fsp3) is 0.391. The summed E-state index contributed by atoms with van der Waals surface area (Å²) in [5.74, 6) is 0.527. The van der Waals surface area contributed by atoms with Crippen molar-refractivity contribution in [1.29, 1.82) is 5.26 Å². The molecule has 0 N–H and O–H groups in total. The summed E-state index contributed by atoms with van der Waals surface area (Å²) in [6, 6.07) is 17.8. The third-order valence-electron chi connectivity index (χ3n) is 5.81. The molecule has 1 amide bonds. The van der Waals surface area contributed by atoms with Crippen LogP contribution < -0.4 is 0 Å². The molecular formula is C23H25ClN2O. The van der Waals surface area contributed by atoms with E-state index in [1.54, 1.807) is 0 Å². The molecule has 0 saturated heterocycles. The Morgan fingerprint density at radius 2 is 1.96 bits per heavy atom. The van der Waals surface area contributed by atoms with Crippen LogP contribution in [0.25, 0.3) is 0 Å². The summed E-state index contributed by atoms with van der Waals surface area (Å²) < 4.78 is 0. The monoisotopic (exact) mass is 380 g/mol. The van der Waals surface area contributed by atoms with Gasteiger partial charge in [-0.25, -0.2) is 0 Å². The molecular weight excluding hydrogens is 356 g/mol. The van der Waals surface area contributed by atoms with Gasteiger partial charge in [0.25, 0.3) is 0 Å². The van der Waals surface area contributed by atoms with E-state index >= 15 is 0 Å². The lowest BCUT2D eigenvalue weighted by atomic mass is 9.82. The molecule has 1 saturated carbocycles. The Morgan fingerprint density at radius 1 is 1.26 bits per heavy atom. The Balaban J connectivity index is 1.89. The largest absolute Gasteiger partial charge is 0.342 e. The van der Waals surface area contributed by atoms with Crippen LogP contribution in [-0.4, -0.2) is 23.9 Å². The molecule has 3 nitrogen and oxygen atoms in total. The fourth-order valence-corrected chi connectivity index (χ4v) is 3.82. The Morgan fingerprint density at radius 3 is 2.56 bits per heavy atom. The third-order valence-corrected chi connectivity index (χ3v) is 6.06. The number of benzene rings is 2. The first kappa shape index (κ1) is 19.5. The summed E-state index contributed by atoms with van der Waals surface area (Å²) in [5.41, 5.74) is 2.90. The van der Waals surface area contributed by atoms with Crippen LogP contribution in [0.2, 0.25) is 5.02 Å². The van der Waals surface area contributed by atoms with Crippen LogP contribution in [-0.2, 0) is 11.2 Å². The molecule has 4 heteroatoms. The maximum Gasteiger partial charge on any atom is 0.225 e. The predicted octanol–water partition coefficient (Wildman–Crippen LogP) is 5.18. The highest BCUT2D eigenvalue weighted by molar-refractivity contribution is 6.30. The van der Waals surface area contributed by atoms with Gasteiger partial charge in [0.15, 0.2) is 0 Å². The van der Waals surface area contributed by atoms with Gasteiger partial charge >= 0.3 is 0 Å². The molecule has 0 aromatic heterocycles. The number of amides is 1. The second-order valence-corrected chi connectivity index (χ2v) is 7.93. The number of hydrogen-bond donors (Lipinski definition) is 0. The van der Waals surface area contributed by atoms with E-state index in [2.05, 4.69) is 19.1 Å². The first-order chi connectivity index (χ1) is 13.0. The van der Waals surface area contributed by atoms with Crippen molar-refractivity contribution in [2.24, 2.45) is 5.92 Å². The van der Waals surface area contributed by atoms with Gasteiger partial charge in [0, 0.05) is 29.9 Å². The van der Waals surface area contributed by atoms with Crippen LogP contribution in [0.15, 0.2) is 48.5 Å². The normalized spacial score (nSPS) is 16.1. The number of carbonyl (C=O) groups is 1. The van der Waals surface area contributed by atoms with Gasteiger partial charge in [-0.15, -0.1) is 0 Å². The molecule has 0 spiro atoms. The van der Waals surface area contributed by atoms with Crippen LogP contribution in [0, 0.1) is 17.2 Å². The number of halogens is 1. The van der Waals surface area contributed by atoms with E-state index in [-0.39, 0.29) is 23.8 Å². The van der Waals surface area contributed by atoms with Gasteiger partial charge in [-0.1, -0.05) is 42.3 Å². The lowest BCUT2D eigenvalue weighted by Crippen LogP contribution is -2.44. The summed E-state index contributed by atoms with van der Waals surface area (Å²) in [5, 5.41) is 10.00. The van der Waals surface area contributed by atoms with E-state index in [1.165, 1.54) is 5.56 Å².